The number of thiophene rings is 1. The molecule has 1 N–H and O–H groups in total. The number of hydrogen-bond donors (Lipinski definition) is 1. The number of benzene rings is 1. The number of allylic oxidation sites excluding steroid dienone is 1. The molecule has 4 rings (SSSR count). The SMILES string of the molecule is C=CCn1c(SCc2nc3ccc(Cl)cc3c(=O)[nH]2)nc2ccsc2c1=O. The second-order valence-corrected chi connectivity index (χ2v) is 7.99. The van der Waals surface area contributed by atoms with E-state index >= 15 is 0 Å². The monoisotopic (exact) mass is 416 g/mol. The third-order valence-electron chi connectivity index (χ3n) is 3.90. The molecular weight excluding hydrogens is 404 g/mol. The van der Waals surface area contributed by atoms with Crippen molar-refractivity contribution < 1.29 is 0 Å². The lowest BCUT2D eigenvalue weighted by Gasteiger charge is -2.10. The van der Waals surface area contributed by atoms with Gasteiger partial charge in [0.15, 0.2) is 5.16 Å². The van der Waals surface area contributed by atoms with Crippen LogP contribution in [-0.2, 0) is 12.3 Å². The van der Waals surface area contributed by atoms with Crippen LogP contribution in [0.1, 0.15) is 5.82 Å². The van der Waals surface area contributed by atoms with E-state index in [1.807, 2.05) is 11.4 Å². The molecule has 4 aromatic rings. The molecule has 0 bridgehead atoms. The fraction of sp³-hybridized carbons (Fsp3) is 0.111. The van der Waals surface area contributed by atoms with Crippen molar-refractivity contribution in [3.8, 4) is 0 Å². The van der Waals surface area contributed by atoms with E-state index < -0.39 is 0 Å². The minimum atomic E-state index is -0.247. The Morgan fingerprint density at radius 1 is 1.26 bits per heavy atom. The predicted octanol–water partition coefficient (Wildman–Crippen LogP) is 3.83. The number of H-pyrrole nitrogens is 1. The predicted molar refractivity (Wildman–Crippen MR) is 111 cm³/mol. The Labute approximate surface area is 166 Å². The highest BCUT2D eigenvalue weighted by Gasteiger charge is 2.13. The van der Waals surface area contributed by atoms with Crippen molar-refractivity contribution in [1.82, 2.24) is 19.5 Å². The van der Waals surface area contributed by atoms with Gasteiger partial charge >= 0.3 is 0 Å². The summed E-state index contributed by atoms with van der Waals surface area (Å²) in [7, 11) is 0. The van der Waals surface area contributed by atoms with E-state index in [1.165, 1.54) is 23.1 Å². The summed E-state index contributed by atoms with van der Waals surface area (Å²) < 4.78 is 2.20. The Bertz CT molecular complexity index is 1290. The minimum absolute atomic E-state index is 0.0907. The van der Waals surface area contributed by atoms with Crippen molar-refractivity contribution >= 4 is 55.8 Å². The summed E-state index contributed by atoms with van der Waals surface area (Å²) in [5.74, 6) is 0.872. The van der Waals surface area contributed by atoms with E-state index in [0.29, 0.717) is 49.4 Å². The molecule has 1 aromatic carbocycles. The molecule has 0 fully saturated rings. The van der Waals surface area contributed by atoms with E-state index in [1.54, 1.807) is 28.8 Å². The second-order valence-electron chi connectivity index (χ2n) is 5.70. The van der Waals surface area contributed by atoms with Gasteiger partial charge in [0.2, 0.25) is 0 Å². The number of nitrogens with zero attached hydrogens (tertiary/aromatic N) is 3. The van der Waals surface area contributed by atoms with Crippen LogP contribution in [0.2, 0.25) is 5.02 Å². The lowest BCUT2D eigenvalue weighted by atomic mass is 10.2. The molecule has 27 heavy (non-hydrogen) atoms. The highest BCUT2D eigenvalue weighted by atomic mass is 35.5. The molecule has 136 valence electrons. The molecule has 0 saturated heterocycles. The molecule has 0 aliphatic carbocycles. The molecule has 3 aromatic heterocycles. The maximum absolute atomic E-state index is 12.7. The van der Waals surface area contributed by atoms with Gasteiger partial charge in [0.1, 0.15) is 10.5 Å². The lowest BCUT2D eigenvalue weighted by molar-refractivity contribution is 0.672. The Kier molecular flexibility index (Phi) is 4.86. The summed E-state index contributed by atoms with van der Waals surface area (Å²) in [6.07, 6.45) is 1.66. The summed E-state index contributed by atoms with van der Waals surface area (Å²) in [5.41, 5.74) is 0.903. The van der Waals surface area contributed by atoms with E-state index in [4.69, 9.17) is 11.6 Å². The van der Waals surface area contributed by atoms with Crippen LogP contribution < -0.4 is 11.1 Å². The number of aromatic nitrogens is 4. The standard InChI is InChI=1S/C18H13ClN4O2S2/c1-2-6-23-17(25)15-13(5-7-26-15)21-18(23)27-9-14-20-12-4-3-10(19)8-11(12)16(24)22-14/h2-5,7-8H,1,6,9H2,(H,20,22,24). The van der Waals surface area contributed by atoms with Gasteiger partial charge in [-0.25, -0.2) is 9.97 Å². The number of thioether (sulfide) groups is 1. The van der Waals surface area contributed by atoms with E-state index in [2.05, 4.69) is 21.5 Å². The van der Waals surface area contributed by atoms with E-state index in [-0.39, 0.29) is 11.1 Å². The van der Waals surface area contributed by atoms with Gasteiger partial charge in [-0.1, -0.05) is 29.4 Å². The van der Waals surface area contributed by atoms with Gasteiger partial charge in [0.05, 0.1) is 22.2 Å². The Hall–Kier alpha value is -2.42. The fourth-order valence-corrected chi connectivity index (χ4v) is 4.51. The van der Waals surface area contributed by atoms with Gasteiger partial charge in [-0.15, -0.1) is 17.9 Å². The van der Waals surface area contributed by atoms with Crippen molar-refractivity contribution in [2.24, 2.45) is 0 Å². The first-order valence-corrected chi connectivity index (χ1v) is 10.2. The van der Waals surface area contributed by atoms with Crippen molar-refractivity contribution in [1.29, 1.82) is 0 Å². The lowest BCUT2D eigenvalue weighted by Crippen LogP contribution is -2.22. The van der Waals surface area contributed by atoms with Crippen molar-refractivity contribution in [2.45, 2.75) is 17.5 Å². The molecule has 0 spiro atoms. The summed E-state index contributed by atoms with van der Waals surface area (Å²) in [6.45, 7) is 4.08. The van der Waals surface area contributed by atoms with Gasteiger partial charge in [-0.3, -0.25) is 14.2 Å². The van der Waals surface area contributed by atoms with Crippen LogP contribution in [0.15, 0.2) is 57.0 Å². The quantitative estimate of drug-likeness (QED) is 0.304. The summed E-state index contributed by atoms with van der Waals surface area (Å²) in [6, 6.07) is 6.82. The first-order chi connectivity index (χ1) is 13.1. The molecule has 0 unspecified atom stereocenters. The zero-order valence-corrected chi connectivity index (χ0v) is 16.3. The normalized spacial score (nSPS) is 11.3. The maximum Gasteiger partial charge on any atom is 0.272 e. The Balaban J connectivity index is 1.71. The molecule has 6 nitrogen and oxygen atoms in total. The molecule has 0 saturated carbocycles. The van der Waals surface area contributed by atoms with Crippen molar-refractivity contribution in [3.63, 3.8) is 0 Å². The highest BCUT2D eigenvalue weighted by Crippen LogP contribution is 2.23. The van der Waals surface area contributed by atoms with Crippen molar-refractivity contribution in [2.75, 3.05) is 0 Å². The maximum atomic E-state index is 12.7. The van der Waals surface area contributed by atoms with Crippen LogP contribution in [0.3, 0.4) is 0 Å². The molecule has 0 radical (unpaired) electrons. The third kappa shape index (κ3) is 3.43. The first-order valence-electron chi connectivity index (χ1n) is 7.97. The van der Waals surface area contributed by atoms with Gasteiger partial charge < -0.3 is 4.98 Å². The number of fused-ring (bicyclic) bond motifs is 2. The van der Waals surface area contributed by atoms with Crippen LogP contribution in [0.4, 0.5) is 0 Å². The van der Waals surface area contributed by atoms with Crippen LogP contribution in [-0.4, -0.2) is 19.5 Å². The number of hydrogen-bond acceptors (Lipinski definition) is 6. The zero-order chi connectivity index (χ0) is 19.0. The minimum Gasteiger partial charge on any atom is -0.309 e. The largest absolute Gasteiger partial charge is 0.309 e. The Morgan fingerprint density at radius 2 is 2.11 bits per heavy atom. The van der Waals surface area contributed by atoms with Crippen LogP contribution in [0.25, 0.3) is 21.1 Å². The third-order valence-corrected chi connectivity index (χ3v) is 6.01. The van der Waals surface area contributed by atoms with Crippen LogP contribution in [0.5, 0.6) is 0 Å². The average molecular weight is 417 g/mol. The number of nitrogens with one attached hydrogen (secondary N) is 1. The topological polar surface area (TPSA) is 80.6 Å². The summed E-state index contributed by atoms with van der Waals surface area (Å²) in [4.78, 5) is 36.8. The van der Waals surface area contributed by atoms with Gasteiger partial charge in [-0.05, 0) is 29.6 Å². The molecule has 9 heteroatoms. The molecule has 3 heterocycles. The molecule has 0 aliphatic heterocycles. The van der Waals surface area contributed by atoms with Gasteiger partial charge in [0, 0.05) is 11.6 Å². The summed E-state index contributed by atoms with van der Waals surface area (Å²) in [5, 5.41) is 3.33. The average Bonchev–Trinajstić information content (AvgIpc) is 3.12. The van der Waals surface area contributed by atoms with Gasteiger partial charge in [0.25, 0.3) is 11.1 Å². The molecule has 0 aliphatic rings. The number of aromatic amines is 1. The molecule has 0 atom stereocenters. The van der Waals surface area contributed by atoms with E-state index in [9.17, 15) is 9.59 Å². The number of halogens is 1. The Morgan fingerprint density at radius 3 is 2.93 bits per heavy atom. The molecule has 0 amide bonds. The molecular formula is C18H13ClN4O2S2. The second kappa shape index (κ2) is 7.30. The first kappa shape index (κ1) is 18.0. The zero-order valence-electron chi connectivity index (χ0n) is 13.9. The smallest absolute Gasteiger partial charge is 0.272 e. The highest BCUT2D eigenvalue weighted by molar-refractivity contribution is 7.98. The van der Waals surface area contributed by atoms with Crippen LogP contribution in [0, 0.1) is 0 Å². The van der Waals surface area contributed by atoms with E-state index in [0.717, 1.165) is 0 Å². The number of rotatable bonds is 5. The van der Waals surface area contributed by atoms with Gasteiger partial charge in [-0.2, -0.15) is 0 Å². The van der Waals surface area contributed by atoms with Crippen LogP contribution >= 0.6 is 34.7 Å². The fourth-order valence-electron chi connectivity index (χ4n) is 2.68. The summed E-state index contributed by atoms with van der Waals surface area (Å²) >= 11 is 8.65. The van der Waals surface area contributed by atoms with Crippen molar-refractivity contribution in [3.05, 3.63) is 73.9 Å².